The topological polar surface area (TPSA) is 72.6 Å². The number of hydrogen-bond acceptors (Lipinski definition) is 5. The summed E-state index contributed by atoms with van der Waals surface area (Å²) in [6.07, 6.45) is 4.05. The molecule has 1 aliphatic rings. The lowest BCUT2D eigenvalue weighted by atomic mass is 9.92. The first-order chi connectivity index (χ1) is 9.40. The van der Waals surface area contributed by atoms with Crippen molar-refractivity contribution in [3.8, 4) is 5.75 Å². The van der Waals surface area contributed by atoms with Gasteiger partial charge in [-0.15, -0.1) is 11.3 Å². The quantitative estimate of drug-likeness (QED) is 0.899. The molecule has 2 atom stereocenters. The second kappa shape index (κ2) is 6.43. The molecule has 1 saturated heterocycles. The zero-order valence-electron chi connectivity index (χ0n) is 11.9. The first kappa shape index (κ1) is 15.8. The van der Waals surface area contributed by atoms with Gasteiger partial charge >= 0.3 is 0 Å². The molecule has 1 fully saturated rings. The molecule has 0 saturated carbocycles. The average molecular weight is 318 g/mol. The van der Waals surface area contributed by atoms with Crippen LogP contribution in [0.5, 0.6) is 5.75 Å². The van der Waals surface area contributed by atoms with Gasteiger partial charge in [-0.1, -0.05) is 0 Å². The third-order valence-electron chi connectivity index (χ3n) is 3.73. The van der Waals surface area contributed by atoms with E-state index in [1.165, 1.54) is 6.26 Å². The Labute approximate surface area is 124 Å². The van der Waals surface area contributed by atoms with Crippen molar-refractivity contribution < 1.29 is 13.2 Å². The normalized spacial score (nSPS) is 22.6. The van der Waals surface area contributed by atoms with Crippen LogP contribution in [0, 0.1) is 5.92 Å². The number of nitrogens with two attached hydrogens (primary N) is 1. The van der Waals surface area contributed by atoms with Gasteiger partial charge in [0.2, 0.25) is 10.0 Å². The molecule has 2 heterocycles. The van der Waals surface area contributed by atoms with Crippen molar-refractivity contribution in [2.75, 3.05) is 26.5 Å². The zero-order valence-corrected chi connectivity index (χ0v) is 13.5. The van der Waals surface area contributed by atoms with E-state index in [-0.39, 0.29) is 6.04 Å². The van der Waals surface area contributed by atoms with Crippen molar-refractivity contribution in [2.45, 2.75) is 25.3 Å². The molecule has 114 valence electrons. The van der Waals surface area contributed by atoms with E-state index in [0.29, 0.717) is 19.0 Å². The second-order valence-corrected chi connectivity index (χ2v) is 8.29. The molecule has 2 unspecified atom stereocenters. The maximum absolute atomic E-state index is 11.6. The number of piperidine rings is 1. The summed E-state index contributed by atoms with van der Waals surface area (Å²) in [5.74, 6) is 1.17. The molecule has 0 aliphatic carbocycles. The highest BCUT2D eigenvalue weighted by molar-refractivity contribution is 7.88. The lowest BCUT2D eigenvalue weighted by Gasteiger charge is -2.32. The summed E-state index contributed by atoms with van der Waals surface area (Å²) in [7, 11) is -1.44. The Bertz CT molecular complexity index is 542. The van der Waals surface area contributed by atoms with Gasteiger partial charge in [-0.05, 0) is 31.2 Å². The fraction of sp³-hybridized carbons (Fsp3) is 0.692. The molecular weight excluding hydrogens is 296 g/mol. The molecule has 0 amide bonds. The van der Waals surface area contributed by atoms with Crippen LogP contribution in [0.25, 0.3) is 0 Å². The summed E-state index contributed by atoms with van der Waals surface area (Å²) in [4.78, 5) is 1.10. The maximum atomic E-state index is 11.6. The maximum Gasteiger partial charge on any atom is 0.211 e. The van der Waals surface area contributed by atoms with Gasteiger partial charge in [0, 0.05) is 29.4 Å². The van der Waals surface area contributed by atoms with E-state index in [4.69, 9.17) is 10.5 Å². The van der Waals surface area contributed by atoms with Gasteiger partial charge < -0.3 is 10.5 Å². The summed E-state index contributed by atoms with van der Waals surface area (Å²) in [5, 5.41) is 1.94. The molecule has 0 bridgehead atoms. The van der Waals surface area contributed by atoms with Gasteiger partial charge in [0.25, 0.3) is 0 Å². The third-order valence-corrected chi connectivity index (χ3v) is 6.05. The van der Waals surface area contributed by atoms with Gasteiger partial charge in [0.15, 0.2) is 0 Å². The molecule has 0 spiro atoms. The molecule has 0 radical (unpaired) electrons. The van der Waals surface area contributed by atoms with E-state index < -0.39 is 10.0 Å². The highest BCUT2D eigenvalue weighted by atomic mass is 32.2. The van der Waals surface area contributed by atoms with E-state index in [2.05, 4.69) is 0 Å². The van der Waals surface area contributed by atoms with E-state index in [1.807, 2.05) is 11.4 Å². The molecule has 1 aromatic heterocycles. The fourth-order valence-corrected chi connectivity index (χ4v) is 4.45. The molecule has 2 N–H and O–H groups in total. The number of methoxy groups -OCH3 is 1. The molecule has 1 aromatic rings. The van der Waals surface area contributed by atoms with Crippen LogP contribution >= 0.6 is 11.3 Å². The van der Waals surface area contributed by atoms with Crippen molar-refractivity contribution in [1.29, 1.82) is 0 Å². The summed E-state index contributed by atoms with van der Waals surface area (Å²) >= 11 is 1.60. The van der Waals surface area contributed by atoms with Crippen LogP contribution in [-0.2, 0) is 10.0 Å². The van der Waals surface area contributed by atoms with E-state index in [9.17, 15) is 8.42 Å². The number of sulfonamides is 1. The van der Waals surface area contributed by atoms with Gasteiger partial charge in [-0.3, -0.25) is 0 Å². The fourth-order valence-electron chi connectivity index (χ4n) is 2.63. The standard InChI is InChI=1S/C13H22N2O3S2/c1-18-11-7-13(19-9-11)12(14)6-10-4-3-5-15(8-10)20(2,16)17/h7,9-10,12H,3-6,8,14H2,1-2H3. The van der Waals surface area contributed by atoms with Crippen LogP contribution in [0.1, 0.15) is 30.2 Å². The van der Waals surface area contributed by atoms with Crippen LogP contribution in [0.3, 0.4) is 0 Å². The second-order valence-electron chi connectivity index (χ2n) is 5.36. The predicted octanol–water partition coefficient (Wildman–Crippen LogP) is 1.82. The summed E-state index contributed by atoms with van der Waals surface area (Å²) in [6.45, 7) is 1.23. The van der Waals surface area contributed by atoms with Gasteiger partial charge in [0.05, 0.1) is 13.4 Å². The average Bonchev–Trinajstić information content (AvgIpc) is 2.87. The smallest absolute Gasteiger partial charge is 0.211 e. The van der Waals surface area contributed by atoms with E-state index >= 15 is 0 Å². The van der Waals surface area contributed by atoms with Gasteiger partial charge in [0.1, 0.15) is 5.75 Å². The molecule has 1 aliphatic heterocycles. The van der Waals surface area contributed by atoms with Crippen molar-refractivity contribution in [3.63, 3.8) is 0 Å². The van der Waals surface area contributed by atoms with Crippen molar-refractivity contribution in [1.82, 2.24) is 4.31 Å². The molecule has 20 heavy (non-hydrogen) atoms. The largest absolute Gasteiger partial charge is 0.496 e. The van der Waals surface area contributed by atoms with E-state index in [0.717, 1.165) is 29.9 Å². The molecule has 0 aromatic carbocycles. The zero-order chi connectivity index (χ0) is 14.8. The van der Waals surface area contributed by atoms with Crippen LogP contribution in [0.15, 0.2) is 11.4 Å². The molecule has 2 rings (SSSR count). The van der Waals surface area contributed by atoms with Crippen molar-refractivity contribution >= 4 is 21.4 Å². The highest BCUT2D eigenvalue weighted by Crippen LogP contribution is 2.32. The third kappa shape index (κ3) is 3.94. The minimum Gasteiger partial charge on any atom is -0.496 e. The monoisotopic (exact) mass is 318 g/mol. The minimum atomic E-state index is -3.08. The van der Waals surface area contributed by atoms with Crippen LogP contribution in [0.4, 0.5) is 0 Å². The number of rotatable bonds is 5. The Morgan fingerprint density at radius 2 is 2.35 bits per heavy atom. The Balaban J connectivity index is 1.95. The van der Waals surface area contributed by atoms with Gasteiger partial charge in [-0.25, -0.2) is 12.7 Å². The Hall–Kier alpha value is -0.630. The molecular formula is C13H22N2O3S2. The lowest BCUT2D eigenvalue weighted by Crippen LogP contribution is -2.40. The summed E-state index contributed by atoms with van der Waals surface area (Å²) in [5.41, 5.74) is 6.24. The van der Waals surface area contributed by atoms with Crippen molar-refractivity contribution in [3.05, 3.63) is 16.3 Å². The Morgan fingerprint density at radius 1 is 1.60 bits per heavy atom. The van der Waals surface area contributed by atoms with Crippen LogP contribution < -0.4 is 10.5 Å². The lowest BCUT2D eigenvalue weighted by molar-refractivity contribution is 0.247. The molecule has 5 nitrogen and oxygen atoms in total. The Kier molecular flexibility index (Phi) is 5.06. The number of thiophene rings is 1. The van der Waals surface area contributed by atoms with Crippen LogP contribution in [-0.4, -0.2) is 39.2 Å². The summed E-state index contributed by atoms with van der Waals surface area (Å²) in [6, 6.07) is 1.92. The van der Waals surface area contributed by atoms with Gasteiger partial charge in [-0.2, -0.15) is 0 Å². The summed E-state index contributed by atoms with van der Waals surface area (Å²) < 4.78 is 30.0. The first-order valence-electron chi connectivity index (χ1n) is 6.73. The highest BCUT2D eigenvalue weighted by Gasteiger charge is 2.27. The van der Waals surface area contributed by atoms with Crippen molar-refractivity contribution in [2.24, 2.45) is 11.7 Å². The number of ether oxygens (including phenoxy) is 1. The number of hydrogen-bond donors (Lipinski definition) is 1. The number of nitrogens with zero attached hydrogens (tertiary/aromatic N) is 1. The molecule has 7 heteroatoms. The Morgan fingerprint density at radius 3 is 2.95 bits per heavy atom. The van der Waals surface area contributed by atoms with Crippen LogP contribution in [0.2, 0.25) is 0 Å². The minimum absolute atomic E-state index is 0.0478. The predicted molar refractivity (Wildman–Crippen MR) is 81.6 cm³/mol. The van der Waals surface area contributed by atoms with E-state index in [1.54, 1.807) is 22.8 Å². The first-order valence-corrected chi connectivity index (χ1v) is 9.46. The SMILES string of the molecule is COc1csc(C(N)CC2CCCN(S(C)(=O)=O)C2)c1.